The van der Waals surface area contributed by atoms with E-state index in [-0.39, 0.29) is 0 Å². The van der Waals surface area contributed by atoms with E-state index >= 15 is 0 Å². The number of hydrogen-bond acceptors (Lipinski definition) is 34. The van der Waals surface area contributed by atoms with Crippen molar-refractivity contribution in [3.8, 4) is 0 Å². The van der Waals surface area contributed by atoms with Gasteiger partial charge in [-0.25, -0.2) is 94.0 Å². The molecule has 0 aliphatic heterocycles. The molecule has 0 radical (unpaired) electrons. The zero-order valence-corrected chi connectivity index (χ0v) is 21.2. The van der Waals surface area contributed by atoms with Gasteiger partial charge in [0.2, 0.25) is 5.54 Å². The Kier molecular flexibility index (Phi) is 7.54. The molecule has 2 bridgehead atoms. The number of nitrogens with one attached hydrogen (secondary N) is 17. The molecule has 17 N–H and O–H groups in total. The highest BCUT2D eigenvalue weighted by atomic mass is 15.6. The predicted octanol–water partition coefficient (Wildman–Crippen LogP) is 6.67. The predicted molar refractivity (Wildman–Crippen MR) is 115 cm³/mol. The van der Waals surface area contributed by atoms with Crippen LogP contribution >= 0.6 is 0 Å². The second-order valence-electron chi connectivity index (χ2n) is 8.59. The Morgan fingerprint density at radius 1 is 0.364 bits per heavy atom. The summed E-state index contributed by atoms with van der Waals surface area (Å²) in [4.78, 5) is 0. The van der Waals surface area contributed by atoms with Gasteiger partial charge in [-0.15, -0.1) is 46.0 Å². The van der Waals surface area contributed by atoms with Crippen molar-refractivity contribution in [3.05, 3.63) is 0 Å². The maximum atomic E-state index is 8.38. The summed E-state index contributed by atoms with van der Waals surface area (Å²) in [5, 5.41) is 50.9. The van der Waals surface area contributed by atoms with E-state index in [0.717, 1.165) is 0 Å². The maximum Gasteiger partial charge on any atom is 0.315 e. The third-order valence-corrected chi connectivity index (χ3v) is 8.14. The lowest BCUT2D eigenvalue weighted by atomic mass is 9.22. The summed E-state index contributed by atoms with van der Waals surface area (Å²) in [5.74, 6) is -14.8. The lowest BCUT2D eigenvalue weighted by molar-refractivity contribution is -0.362. The van der Waals surface area contributed by atoms with Gasteiger partial charge >= 0.3 is 17.4 Å². The highest BCUT2D eigenvalue weighted by molar-refractivity contribution is 5.61. The van der Waals surface area contributed by atoms with Gasteiger partial charge in [-0.2, -0.15) is 40.9 Å². The van der Waals surface area contributed by atoms with Gasteiger partial charge in [0.25, 0.3) is 17.0 Å². The fourth-order valence-electron chi connectivity index (χ4n) is 6.87. The Morgan fingerprint density at radius 3 is 0.909 bits per heavy atom. The molecule has 3 atom stereocenters. The van der Waals surface area contributed by atoms with Crippen molar-refractivity contribution in [1.82, 2.24) is 0 Å². The van der Waals surface area contributed by atoms with Crippen LogP contribution in [-0.2, 0) is 0 Å². The Morgan fingerprint density at radius 2 is 0.705 bits per heavy atom. The van der Waals surface area contributed by atoms with Crippen LogP contribution in [0.2, 0.25) is 0 Å². The summed E-state index contributed by atoms with van der Waals surface area (Å²) in [7, 11) is 0. The average molecular weight is 614 g/mol. The zero-order chi connectivity index (χ0) is 34.1. The molecule has 34 nitrogen and oxygen atoms in total. The Balaban J connectivity index is 4.09. The van der Waals surface area contributed by atoms with E-state index in [1.165, 1.54) is 0 Å². The molecule has 0 aromatic rings. The van der Waals surface area contributed by atoms with E-state index < -0.39 is 56.8 Å². The standard InChI is InChI=1S/C10H18N34/c11-28-2-1(4(31-14,32-15)33-16)3(29-12,30-13)8(37-20,38-21)6(34-17,7(2,35-18)36-19)5(2,9(39-22,40-23)41-24)10(42-25,43-26)44-27/h1,11-27H. The quantitative estimate of drug-likeness (QED) is 0.0638. The molecule has 0 amide bonds. The Labute approximate surface area is 238 Å². The fourth-order valence-corrected chi connectivity index (χ4v) is 6.87. The minimum absolute atomic E-state index is 2.90. The van der Waals surface area contributed by atoms with Crippen LogP contribution in [0, 0.1) is 105 Å². The van der Waals surface area contributed by atoms with Crippen LogP contribution in [0.4, 0.5) is 0 Å². The van der Waals surface area contributed by atoms with Crippen LogP contribution in [0.5, 0.6) is 0 Å². The molecule has 44 heavy (non-hydrogen) atoms. The minimum atomic E-state index is -4.10. The first kappa shape index (κ1) is 33.4. The molecule has 3 aliphatic rings. The van der Waals surface area contributed by atoms with Crippen molar-refractivity contribution >= 4 is 0 Å². The van der Waals surface area contributed by atoms with Gasteiger partial charge < -0.3 is 0 Å². The highest BCUT2D eigenvalue weighted by Crippen LogP contribution is 2.89. The summed E-state index contributed by atoms with van der Waals surface area (Å²) in [6, 6.07) is 0. The van der Waals surface area contributed by atoms with Gasteiger partial charge in [-0.05, 0) is 0 Å². The SMILES string of the molecule is N=NC(N=N)(N=N)C1C(N=N)(N=N)C(N=N)(N=N)C2(N=N)C(N=N)(N=N)C1(N=N)C2(C(N=N)(N=N)N=N)C(N=N)(N=N)N=N. The minimum Gasteiger partial charge on any atom is -0.209 e. The first-order valence-corrected chi connectivity index (χ1v) is 10.5. The lowest BCUT2D eigenvalue weighted by Crippen LogP contribution is -3.08. The van der Waals surface area contributed by atoms with Crippen molar-refractivity contribution in [2.24, 2.45) is 98.3 Å². The molecule has 228 valence electrons. The van der Waals surface area contributed by atoms with E-state index in [4.69, 9.17) is 94.0 Å². The third kappa shape index (κ3) is 2.29. The van der Waals surface area contributed by atoms with Crippen LogP contribution in [0.15, 0.2) is 86.9 Å². The first-order valence-electron chi connectivity index (χ1n) is 10.5. The van der Waals surface area contributed by atoms with Crippen molar-refractivity contribution in [1.29, 1.82) is 94.0 Å². The molecule has 0 saturated heterocycles. The number of rotatable bonds is 20. The van der Waals surface area contributed by atoms with Gasteiger partial charge in [-0.1, -0.05) is 0 Å². The molecule has 0 aromatic heterocycles. The summed E-state index contributed by atoms with van der Waals surface area (Å²) >= 11 is 0. The molecule has 34 heteroatoms. The average Bonchev–Trinajstić information content (AvgIpc) is 3.08. The summed E-state index contributed by atoms with van der Waals surface area (Å²) in [5.41, 5.74) is 112. The van der Waals surface area contributed by atoms with Crippen LogP contribution < -0.4 is 0 Å². The van der Waals surface area contributed by atoms with E-state index in [9.17, 15) is 0 Å². The third-order valence-electron chi connectivity index (χ3n) is 8.14. The van der Waals surface area contributed by atoms with E-state index in [1.807, 2.05) is 0 Å². The van der Waals surface area contributed by atoms with Crippen molar-refractivity contribution < 1.29 is 0 Å². The molecule has 3 rings (SSSR count). The normalized spacial score (nSPS) is 39.0. The van der Waals surface area contributed by atoms with Gasteiger partial charge in [0.05, 0.1) is 0 Å². The van der Waals surface area contributed by atoms with Gasteiger partial charge in [-0.3, -0.25) is 0 Å². The fraction of sp³-hybridized carbons (Fsp3) is 1.00. The zero-order valence-electron chi connectivity index (χ0n) is 21.2. The van der Waals surface area contributed by atoms with Crippen LogP contribution in [0.25, 0.3) is 0 Å². The van der Waals surface area contributed by atoms with Crippen LogP contribution in [-0.4, -0.2) is 45.4 Å². The molecular weight excluding hydrogens is 596 g/mol. The second-order valence-corrected chi connectivity index (χ2v) is 8.59. The summed E-state index contributed by atoms with van der Waals surface area (Å²) in [6.07, 6.45) is 0. The number of hydrogen-bond donors (Lipinski definition) is 17. The Bertz CT molecular complexity index is 1320. The summed E-state index contributed by atoms with van der Waals surface area (Å²) in [6.45, 7) is 0. The van der Waals surface area contributed by atoms with Crippen LogP contribution in [0.1, 0.15) is 0 Å². The smallest absolute Gasteiger partial charge is 0.209 e. The lowest BCUT2D eigenvalue weighted by Gasteiger charge is -2.81. The topological polar surface area (TPSA) is 616 Å². The molecule has 0 spiro atoms. The maximum absolute atomic E-state index is 8.38. The monoisotopic (exact) mass is 614 g/mol. The van der Waals surface area contributed by atoms with E-state index in [0.29, 0.717) is 0 Å². The number of fused-ring (bicyclic) bond motifs is 2. The molecular formula is C10H18N34. The van der Waals surface area contributed by atoms with E-state index in [1.54, 1.807) is 0 Å². The van der Waals surface area contributed by atoms with Crippen LogP contribution in [0.3, 0.4) is 0 Å². The van der Waals surface area contributed by atoms with Gasteiger partial charge in [0.1, 0.15) is 5.92 Å². The van der Waals surface area contributed by atoms with Crippen molar-refractivity contribution in [3.63, 3.8) is 0 Å². The van der Waals surface area contributed by atoms with Gasteiger partial charge in [0, 0.05) is 0 Å². The first-order chi connectivity index (χ1) is 20.9. The molecule has 0 aromatic carbocycles. The summed E-state index contributed by atoms with van der Waals surface area (Å²) < 4.78 is 0. The molecule has 3 fully saturated rings. The Hall–Kier alpha value is -6.80. The number of nitrogens with zero attached hydrogens (tertiary/aromatic N) is 17. The molecule has 3 aliphatic carbocycles. The molecule has 3 unspecified atom stereocenters. The molecule has 3 saturated carbocycles. The highest BCUT2D eigenvalue weighted by Gasteiger charge is 3.15. The second kappa shape index (κ2) is 9.93. The largest absolute Gasteiger partial charge is 0.315 e. The van der Waals surface area contributed by atoms with Crippen molar-refractivity contribution in [2.75, 3.05) is 0 Å². The van der Waals surface area contributed by atoms with Crippen molar-refractivity contribution in [2.45, 2.75) is 45.4 Å². The van der Waals surface area contributed by atoms with E-state index in [2.05, 4.69) is 86.9 Å². The van der Waals surface area contributed by atoms with Gasteiger partial charge in [0.15, 0.2) is 11.0 Å². The molecule has 0 heterocycles.